The summed E-state index contributed by atoms with van der Waals surface area (Å²) in [7, 11) is 1.51. The normalized spacial score (nSPS) is 11.0. The number of carbonyl (C=O) groups is 2. The maximum atomic E-state index is 15.4. The highest BCUT2D eigenvalue weighted by atomic mass is 32.1. The van der Waals surface area contributed by atoms with Gasteiger partial charge in [-0.3, -0.25) is 24.1 Å². The van der Waals surface area contributed by atoms with Crippen molar-refractivity contribution < 1.29 is 37.7 Å². The summed E-state index contributed by atoms with van der Waals surface area (Å²) in [4.78, 5) is 49.3. The second kappa shape index (κ2) is 15.8. The first-order chi connectivity index (χ1) is 25.1. The summed E-state index contributed by atoms with van der Waals surface area (Å²) < 4.78 is 47.2. The molecule has 0 aliphatic rings. The van der Waals surface area contributed by atoms with E-state index in [0.717, 1.165) is 10.9 Å². The highest BCUT2D eigenvalue weighted by molar-refractivity contribution is 7.22. The highest BCUT2D eigenvalue weighted by Crippen LogP contribution is 2.39. The Kier molecular flexibility index (Phi) is 10.8. The van der Waals surface area contributed by atoms with E-state index in [-0.39, 0.29) is 49.1 Å². The lowest BCUT2D eigenvalue weighted by Gasteiger charge is -2.18. The molecule has 12 nitrogen and oxygen atoms in total. The third kappa shape index (κ3) is 7.90. The fourth-order valence-electron chi connectivity index (χ4n) is 5.23. The molecule has 2 N–H and O–H groups in total. The number of nitrogens with one attached hydrogen (secondary N) is 1. The average molecular weight is 728 g/mol. The van der Waals surface area contributed by atoms with Gasteiger partial charge in [0, 0.05) is 55.8 Å². The number of hydrogen-bond donors (Lipinski definition) is 2. The van der Waals surface area contributed by atoms with Crippen LogP contribution in [-0.2, 0) is 11.3 Å². The predicted octanol–water partition coefficient (Wildman–Crippen LogP) is 7.36. The Labute approximate surface area is 299 Å². The minimum atomic E-state index is -1.06. The Balaban J connectivity index is 1.19. The number of methoxy groups -OCH3 is 1. The summed E-state index contributed by atoms with van der Waals surface area (Å²) in [5.41, 5.74) is 1.33. The van der Waals surface area contributed by atoms with Gasteiger partial charge >= 0.3 is 6.09 Å². The third-order valence-electron chi connectivity index (χ3n) is 7.76. The molecule has 0 radical (unpaired) electrons. The van der Waals surface area contributed by atoms with Gasteiger partial charge in [0.2, 0.25) is 0 Å². The summed E-state index contributed by atoms with van der Waals surface area (Å²) >= 11 is 1.34. The number of carboxylic acid groups (broad SMARTS) is 1. The lowest BCUT2D eigenvalue weighted by atomic mass is 10.2. The van der Waals surface area contributed by atoms with Gasteiger partial charge in [0.25, 0.3) is 11.5 Å². The number of halogens is 2. The first-order valence-electron chi connectivity index (χ1n) is 15.9. The van der Waals surface area contributed by atoms with E-state index in [2.05, 4.69) is 15.3 Å². The molecule has 0 spiro atoms. The van der Waals surface area contributed by atoms with E-state index in [4.69, 9.17) is 14.2 Å². The maximum absolute atomic E-state index is 15.4. The molecule has 0 fully saturated rings. The summed E-state index contributed by atoms with van der Waals surface area (Å²) in [6.45, 7) is 2.54. The number of benzene rings is 2. The number of pyridine rings is 3. The molecule has 2 amide bonds. The minimum absolute atomic E-state index is 0.0368. The average Bonchev–Trinajstić information content (AvgIpc) is 3.57. The van der Waals surface area contributed by atoms with Gasteiger partial charge in [-0.05, 0) is 67.1 Å². The van der Waals surface area contributed by atoms with Crippen LogP contribution in [0.5, 0.6) is 17.2 Å². The molecular weight excluding hydrogens is 696 g/mol. The van der Waals surface area contributed by atoms with Crippen LogP contribution in [0.2, 0.25) is 0 Å². The van der Waals surface area contributed by atoms with Gasteiger partial charge in [0.15, 0.2) is 11.6 Å². The van der Waals surface area contributed by atoms with E-state index >= 15 is 4.39 Å². The van der Waals surface area contributed by atoms with Crippen molar-refractivity contribution in [3.8, 4) is 33.5 Å². The number of carbonyl (C=O) groups excluding carboxylic acids is 1. The van der Waals surface area contributed by atoms with Crippen molar-refractivity contribution >= 4 is 39.2 Å². The van der Waals surface area contributed by atoms with Crippen molar-refractivity contribution in [1.29, 1.82) is 0 Å². The second-order valence-electron chi connectivity index (χ2n) is 11.2. The largest absolute Gasteiger partial charge is 0.493 e. The highest BCUT2D eigenvalue weighted by Gasteiger charge is 2.21. The molecule has 15 heteroatoms. The Morgan fingerprint density at radius 3 is 2.48 bits per heavy atom. The summed E-state index contributed by atoms with van der Waals surface area (Å²) in [5.74, 6) is -1.82. The van der Waals surface area contributed by atoms with Gasteiger partial charge in [-0.15, -0.1) is 11.3 Å². The molecule has 2 aromatic carbocycles. The predicted molar refractivity (Wildman–Crippen MR) is 191 cm³/mol. The number of nitrogens with zero attached hydrogens (tertiary/aromatic N) is 4. The van der Waals surface area contributed by atoms with Crippen molar-refractivity contribution in [2.75, 3.05) is 32.2 Å². The van der Waals surface area contributed by atoms with Gasteiger partial charge in [-0.1, -0.05) is 6.07 Å². The minimum Gasteiger partial charge on any atom is -0.493 e. The monoisotopic (exact) mass is 727 g/mol. The summed E-state index contributed by atoms with van der Waals surface area (Å²) in [6, 6.07) is 17.5. The lowest BCUT2D eigenvalue weighted by molar-refractivity contribution is 0.102. The molecule has 4 aromatic heterocycles. The summed E-state index contributed by atoms with van der Waals surface area (Å²) in [6.07, 6.45) is 3.51. The molecule has 6 aromatic rings. The Morgan fingerprint density at radius 1 is 0.981 bits per heavy atom. The number of aromatic nitrogens is 3. The van der Waals surface area contributed by atoms with Gasteiger partial charge in [-0.2, -0.15) is 0 Å². The van der Waals surface area contributed by atoms with Crippen molar-refractivity contribution in [3.05, 3.63) is 125 Å². The van der Waals surface area contributed by atoms with Crippen LogP contribution in [0.25, 0.3) is 26.5 Å². The topological polar surface area (TPSA) is 145 Å². The number of amides is 2. The van der Waals surface area contributed by atoms with Gasteiger partial charge < -0.3 is 29.5 Å². The number of rotatable bonds is 13. The summed E-state index contributed by atoms with van der Waals surface area (Å²) in [5, 5.41) is 12.0. The van der Waals surface area contributed by atoms with Crippen molar-refractivity contribution in [1.82, 2.24) is 19.4 Å². The van der Waals surface area contributed by atoms with E-state index in [9.17, 15) is 23.9 Å². The molecule has 0 saturated heterocycles. The van der Waals surface area contributed by atoms with E-state index in [0.29, 0.717) is 32.9 Å². The molecule has 0 bridgehead atoms. The molecule has 0 aliphatic carbocycles. The molecular formula is C37H31F2N5O7S. The lowest BCUT2D eigenvalue weighted by Crippen LogP contribution is -2.32. The first-order valence-corrected chi connectivity index (χ1v) is 16.7. The number of ether oxygens (including phenoxy) is 3. The number of anilines is 1. The number of hydrogen-bond acceptors (Lipinski definition) is 9. The van der Waals surface area contributed by atoms with Crippen LogP contribution in [0.3, 0.4) is 0 Å². The van der Waals surface area contributed by atoms with Crippen molar-refractivity contribution in [3.63, 3.8) is 0 Å². The van der Waals surface area contributed by atoms with Crippen LogP contribution in [-0.4, -0.2) is 63.4 Å². The first kappa shape index (κ1) is 35.6. The van der Waals surface area contributed by atoms with Gasteiger partial charge in [0.05, 0.1) is 40.5 Å². The SMILES string of the molecule is CCOc1ccn(-c2ccc(F)cc2)c(=O)c1C(=O)Nc1ccc(Oc2ccnc3cc(-c4ccc(CN(CCOC)C(=O)O)cn4)sc23)c(F)c1. The molecule has 0 saturated carbocycles. The number of fused-ring (bicyclic) bond motifs is 1. The smallest absolute Gasteiger partial charge is 0.407 e. The quantitative estimate of drug-likeness (QED) is 0.125. The maximum Gasteiger partial charge on any atom is 0.407 e. The Morgan fingerprint density at radius 2 is 1.79 bits per heavy atom. The Bertz CT molecular complexity index is 2300. The number of thiophene rings is 1. The van der Waals surface area contributed by atoms with E-state index in [1.54, 1.807) is 31.3 Å². The standard InChI is InChI=1S/C37H31F2N5O7S/c1-3-50-30-13-15-44(25-8-5-23(38)6-9-25)36(46)33(30)35(45)42-24-7-11-29(26(39)18-24)51-31-12-14-40-28-19-32(52-34(28)31)27-10-4-22(20-41-27)21-43(37(47)48)16-17-49-2/h4-15,18-20H,3,16-17,21H2,1-2H3,(H,42,45)(H,47,48). The molecule has 0 aliphatic heterocycles. The fourth-order valence-corrected chi connectivity index (χ4v) is 6.27. The van der Waals surface area contributed by atoms with Crippen LogP contribution >= 0.6 is 11.3 Å². The van der Waals surface area contributed by atoms with Crippen molar-refractivity contribution in [2.24, 2.45) is 0 Å². The van der Waals surface area contributed by atoms with Crippen LogP contribution < -0.4 is 20.3 Å². The fraction of sp³-hybridized carbons (Fsp3) is 0.162. The third-order valence-corrected chi connectivity index (χ3v) is 8.92. The zero-order chi connectivity index (χ0) is 36.8. The molecule has 0 atom stereocenters. The van der Waals surface area contributed by atoms with Crippen LogP contribution in [0.4, 0.5) is 19.3 Å². The molecule has 6 rings (SSSR count). The van der Waals surface area contributed by atoms with Crippen molar-refractivity contribution in [2.45, 2.75) is 13.5 Å². The van der Waals surface area contributed by atoms with Gasteiger partial charge in [-0.25, -0.2) is 13.6 Å². The van der Waals surface area contributed by atoms with E-state index in [1.807, 2.05) is 6.07 Å². The van der Waals surface area contributed by atoms with E-state index < -0.39 is 29.2 Å². The zero-order valence-electron chi connectivity index (χ0n) is 27.8. The molecule has 0 unspecified atom stereocenters. The molecule has 266 valence electrons. The second-order valence-corrected chi connectivity index (χ2v) is 12.3. The zero-order valence-corrected chi connectivity index (χ0v) is 28.7. The molecule has 4 heterocycles. The van der Waals surface area contributed by atoms with Crippen LogP contribution in [0, 0.1) is 11.6 Å². The van der Waals surface area contributed by atoms with Crippen LogP contribution in [0.15, 0.2) is 96.2 Å². The van der Waals surface area contributed by atoms with Crippen LogP contribution in [0.1, 0.15) is 22.8 Å². The molecule has 52 heavy (non-hydrogen) atoms. The Hall–Kier alpha value is -6.19. The van der Waals surface area contributed by atoms with E-state index in [1.165, 1.54) is 82.8 Å². The van der Waals surface area contributed by atoms with Gasteiger partial charge in [0.1, 0.15) is 22.9 Å².